The quantitative estimate of drug-likeness (QED) is 0.767. The van der Waals surface area contributed by atoms with Crippen LogP contribution in [-0.4, -0.2) is 41.9 Å². The van der Waals surface area contributed by atoms with Crippen molar-refractivity contribution in [3.8, 4) is 0 Å². The van der Waals surface area contributed by atoms with Crippen LogP contribution in [0.25, 0.3) is 0 Å². The number of nitrogens with two attached hydrogens (primary N) is 1. The summed E-state index contributed by atoms with van der Waals surface area (Å²) < 4.78 is 0. The van der Waals surface area contributed by atoms with E-state index in [0.29, 0.717) is 13.1 Å². The van der Waals surface area contributed by atoms with Crippen LogP contribution in [0.15, 0.2) is 0 Å². The van der Waals surface area contributed by atoms with E-state index in [1.165, 1.54) is 6.92 Å². The van der Waals surface area contributed by atoms with Gasteiger partial charge in [0.15, 0.2) is 0 Å². The standard InChI is InChI=1S/C13H25N3O2/c1-4-9(2)12(14)13(18)16-7-5-11(6-8-16)15-10(3)17/h9,11-12H,4-8,14H2,1-3H3,(H,15,17)/t9?,12-/m0/s1. The summed E-state index contributed by atoms with van der Waals surface area (Å²) in [5.41, 5.74) is 5.96. The van der Waals surface area contributed by atoms with Gasteiger partial charge in [0.2, 0.25) is 11.8 Å². The molecule has 0 spiro atoms. The third kappa shape index (κ3) is 3.98. The molecule has 1 rings (SSSR count). The number of rotatable bonds is 4. The molecule has 1 aliphatic heterocycles. The summed E-state index contributed by atoms with van der Waals surface area (Å²) in [5.74, 6) is 0.257. The van der Waals surface area contributed by atoms with Crippen LogP contribution in [0.4, 0.5) is 0 Å². The second kappa shape index (κ2) is 6.73. The van der Waals surface area contributed by atoms with Gasteiger partial charge < -0.3 is 16.0 Å². The first-order chi connectivity index (χ1) is 8.45. The van der Waals surface area contributed by atoms with Gasteiger partial charge in [-0.3, -0.25) is 9.59 Å². The van der Waals surface area contributed by atoms with Crippen LogP contribution in [0.5, 0.6) is 0 Å². The van der Waals surface area contributed by atoms with Crippen LogP contribution >= 0.6 is 0 Å². The lowest BCUT2D eigenvalue weighted by molar-refractivity contribution is -0.134. The lowest BCUT2D eigenvalue weighted by atomic mass is 9.97. The monoisotopic (exact) mass is 255 g/mol. The second-order valence-corrected chi connectivity index (χ2v) is 5.21. The van der Waals surface area contributed by atoms with Gasteiger partial charge in [-0.05, 0) is 18.8 Å². The number of hydrogen-bond acceptors (Lipinski definition) is 3. The number of likely N-dealkylation sites (tertiary alicyclic amines) is 1. The smallest absolute Gasteiger partial charge is 0.239 e. The molecule has 1 fully saturated rings. The van der Waals surface area contributed by atoms with Crippen molar-refractivity contribution in [1.29, 1.82) is 0 Å². The molecule has 104 valence electrons. The summed E-state index contributed by atoms with van der Waals surface area (Å²) >= 11 is 0. The average molecular weight is 255 g/mol. The normalized spacial score (nSPS) is 20.3. The molecule has 3 N–H and O–H groups in total. The molecule has 0 saturated carbocycles. The highest BCUT2D eigenvalue weighted by Crippen LogP contribution is 2.14. The minimum Gasteiger partial charge on any atom is -0.353 e. The number of carbonyl (C=O) groups excluding carboxylic acids is 2. The Morgan fingerprint density at radius 3 is 2.39 bits per heavy atom. The number of carbonyl (C=O) groups is 2. The van der Waals surface area contributed by atoms with Crippen molar-refractivity contribution in [2.24, 2.45) is 11.7 Å². The topological polar surface area (TPSA) is 75.4 Å². The van der Waals surface area contributed by atoms with E-state index in [1.54, 1.807) is 0 Å². The molecule has 1 unspecified atom stereocenters. The Bertz CT molecular complexity index is 299. The molecule has 1 saturated heterocycles. The summed E-state index contributed by atoms with van der Waals surface area (Å²) in [5, 5.41) is 2.90. The third-order valence-electron chi connectivity index (χ3n) is 3.76. The van der Waals surface area contributed by atoms with E-state index in [2.05, 4.69) is 5.32 Å². The number of amides is 2. The molecule has 18 heavy (non-hydrogen) atoms. The van der Waals surface area contributed by atoms with Crippen LogP contribution < -0.4 is 11.1 Å². The zero-order valence-electron chi connectivity index (χ0n) is 11.6. The van der Waals surface area contributed by atoms with E-state index in [1.807, 2.05) is 18.7 Å². The van der Waals surface area contributed by atoms with E-state index >= 15 is 0 Å². The maximum absolute atomic E-state index is 12.1. The van der Waals surface area contributed by atoms with Crippen molar-refractivity contribution < 1.29 is 9.59 Å². The van der Waals surface area contributed by atoms with Gasteiger partial charge in [0.25, 0.3) is 0 Å². The van der Waals surface area contributed by atoms with Crippen molar-refractivity contribution in [3.63, 3.8) is 0 Å². The highest BCUT2D eigenvalue weighted by Gasteiger charge is 2.28. The zero-order chi connectivity index (χ0) is 13.7. The summed E-state index contributed by atoms with van der Waals surface area (Å²) in [7, 11) is 0. The van der Waals surface area contributed by atoms with Crippen LogP contribution in [-0.2, 0) is 9.59 Å². The molecule has 0 aromatic heterocycles. The summed E-state index contributed by atoms with van der Waals surface area (Å²) in [6.45, 7) is 6.95. The molecular weight excluding hydrogens is 230 g/mol. The summed E-state index contributed by atoms with van der Waals surface area (Å²) in [6, 6.07) is -0.196. The molecule has 5 nitrogen and oxygen atoms in total. The maximum Gasteiger partial charge on any atom is 0.239 e. The first-order valence-corrected chi connectivity index (χ1v) is 6.77. The van der Waals surface area contributed by atoms with Gasteiger partial charge in [0.05, 0.1) is 6.04 Å². The van der Waals surface area contributed by atoms with Gasteiger partial charge in [-0.25, -0.2) is 0 Å². The molecule has 2 atom stereocenters. The summed E-state index contributed by atoms with van der Waals surface area (Å²) in [6.07, 6.45) is 2.55. The van der Waals surface area contributed by atoms with Gasteiger partial charge in [0.1, 0.15) is 0 Å². The molecular formula is C13H25N3O2. The van der Waals surface area contributed by atoms with Crippen LogP contribution in [0, 0.1) is 5.92 Å². The van der Waals surface area contributed by atoms with E-state index < -0.39 is 6.04 Å². The fraction of sp³-hybridized carbons (Fsp3) is 0.846. The Morgan fingerprint density at radius 1 is 1.39 bits per heavy atom. The molecule has 5 heteroatoms. The minimum absolute atomic E-state index is 0.00363. The summed E-state index contributed by atoms with van der Waals surface area (Å²) in [4.78, 5) is 24.9. The highest BCUT2D eigenvalue weighted by atomic mass is 16.2. The van der Waals surface area contributed by atoms with Gasteiger partial charge in [0, 0.05) is 26.1 Å². The Labute approximate surface area is 109 Å². The molecule has 0 aromatic rings. The minimum atomic E-state index is -0.396. The fourth-order valence-electron chi connectivity index (χ4n) is 2.24. The molecule has 2 amide bonds. The first-order valence-electron chi connectivity index (χ1n) is 6.77. The Balaban J connectivity index is 2.42. The van der Waals surface area contributed by atoms with Gasteiger partial charge >= 0.3 is 0 Å². The number of hydrogen-bond donors (Lipinski definition) is 2. The largest absolute Gasteiger partial charge is 0.353 e. The Kier molecular flexibility index (Phi) is 5.59. The predicted octanol–water partition coefficient (Wildman–Crippen LogP) is 0.487. The van der Waals surface area contributed by atoms with Crippen molar-refractivity contribution >= 4 is 11.8 Å². The van der Waals surface area contributed by atoms with E-state index in [-0.39, 0.29) is 23.8 Å². The molecule has 1 heterocycles. The van der Waals surface area contributed by atoms with Crippen molar-refractivity contribution in [3.05, 3.63) is 0 Å². The number of piperidine rings is 1. The fourth-order valence-corrected chi connectivity index (χ4v) is 2.24. The molecule has 0 radical (unpaired) electrons. The molecule has 0 aromatic carbocycles. The van der Waals surface area contributed by atoms with E-state index in [9.17, 15) is 9.59 Å². The van der Waals surface area contributed by atoms with E-state index in [4.69, 9.17) is 5.73 Å². The molecule has 1 aliphatic rings. The van der Waals surface area contributed by atoms with Gasteiger partial charge in [-0.2, -0.15) is 0 Å². The number of nitrogens with one attached hydrogen (secondary N) is 1. The van der Waals surface area contributed by atoms with Crippen LogP contribution in [0.2, 0.25) is 0 Å². The van der Waals surface area contributed by atoms with Gasteiger partial charge in [-0.1, -0.05) is 20.3 Å². The first kappa shape index (κ1) is 15.0. The van der Waals surface area contributed by atoms with Crippen LogP contribution in [0.1, 0.15) is 40.0 Å². The van der Waals surface area contributed by atoms with Crippen molar-refractivity contribution in [2.45, 2.75) is 52.1 Å². The predicted molar refractivity (Wildman–Crippen MR) is 70.8 cm³/mol. The lowest BCUT2D eigenvalue weighted by Gasteiger charge is -2.34. The van der Waals surface area contributed by atoms with Crippen molar-refractivity contribution in [2.75, 3.05) is 13.1 Å². The average Bonchev–Trinajstić information content (AvgIpc) is 2.36. The lowest BCUT2D eigenvalue weighted by Crippen LogP contribution is -2.52. The Morgan fingerprint density at radius 2 is 1.94 bits per heavy atom. The molecule has 0 aliphatic carbocycles. The van der Waals surface area contributed by atoms with Crippen LogP contribution in [0.3, 0.4) is 0 Å². The number of nitrogens with zero attached hydrogens (tertiary/aromatic N) is 1. The second-order valence-electron chi connectivity index (χ2n) is 5.21. The molecule has 0 bridgehead atoms. The van der Waals surface area contributed by atoms with E-state index in [0.717, 1.165) is 19.3 Å². The Hall–Kier alpha value is -1.10. The SMILES string of the molecule is CCC(C)[C@H](N)C(=O)N1CCC(NC(C)=O)CC1. The van der Waals surface area contributed by atoms with Crippen molar-refractivity contribution in [1.82, 2.24) is 10.2 Å². The third-order valence-corrected chi connectivity index (χ3v) is 3.76. The highest BCUT2D eigenvalue weighted by molar-refractivity contribution is 5.82. The zero-order valence-corrected chi connectivity index (χ0v) is 11.6. The maximum atomic E-state index is 12.1. The van der Waals surface area contributed by atoms with Gasteiger partial charge in [-0.15, -0.1) is 0 Å².